The van der Waals surface area contributed by atoms with E-state index in [1.807, 2.05) is 0 Å². The molecule has 0 radical (unpaired) electrons. The van der Waals surface area contributed by atoms with Gasteiger partial charge in [0.1, 0.15) is 23.1 Å². The number of hydrogen-bond acceptors (Lipinski definition) is 5. The number of likely N-dealkylation sites (tertiary alicyclic amines) is 1. The SMILES string of the molecule is Cc1ccc(S(=O)(=O)C23CCN(C(=O)C4CC(P)C(=O)N4)C2COc2cc(C(F)(C(F)(F)F)C(F)(F)F)ccc23)cc1. The summed E-state index contributed by atoms with van der Waals surface area (Å²) in [6.07, 6.45) is -13.0. The van der Waals surface area contributed by atoms with Gasteiger partial charge >= 0.3 is 18.0 Å². The summed E-state index contributed by atoms with van der Waals surface area (Å²) in [5, 5.41) is 2.54. The molecule has 5 atom stereocenters. The van der Waals surface area contributed by atoms with Crippen molar-refractivity contribution in [3.8, 4) is 5.75 Å². The minimum atomic E-state index is -6.39. The molecule has 7 nitrogen and oxygen atoms in total. The van der Waals surface area contributed by atoms with Gasteiger partial charge in [0.15, 0.2) is 9.84 Å². The number of sulfone groups is 1. The quantitative estimate of drug-likeness (QED) is 0.402. The second kappa shape index (κ2) is 9.80. The molecule has 2 aromatic rings. The molecule has 0 bridgehead atoms. The van der Waals surface area contributed by atoms with Crippen molar-refractivity contribution >= 4 is 30.9 Å². The largest absolute Gasteiger partial charge is 0.491 e. The summed E-state index contributed by atoms with van der Waals surface area (Å²) in [7, 11) is -2.22. The average molecular weight is 641 g/mol. The van der Waals surface area contributed by atoms with Gasteiger partial charge in [-0.15, -0.1) is 9.24 Å². The van der Waals surface area contributed by atoms with Crippen LogP contribution in [0.1, 0.15) is 29.5 Å². The number of hydrogen-bond donors (Lipinski definition) is 1. The van der Waals surface area contributed by atoms with Gasteiger partial charge in [0.2, 0.25) is 11.8 Å². The number of nitrogens with zero attached hydrogens (tertiary/aromatic N) is 1. The molecule has 2 amide bonds. The number of aryl methyl sites for hydroxylation is 1. The number of fused-ring (bicyclic) bond motifs is 3. The summed E-state index contributed by atoms with van der Waals surface area (Å²) in [6, 6.07) is 4.55. The normalized spacial score (nSPS) is 26.4. The van der Waals surface area contributed by atoms with E-state index in [2.05, 4.69) is 14.6 Å². The fourth-order valence-electron chi connectivity index (χ4n) is 5.97. The summed E-state index contributed by atoms with van der Waals surface area (Å²) >= 11 is 0. The van der Waals surface area contributed by atoms with Crippen molar-refractivity contribution in [2.45, 2.75) is 65.2 Å². The molecule has 3 aliphatic heterocycles. The van der Waals surface area contributed by atoms with Crippen LogP contribution in [-0.2, 0) is 29.8 Å². The number of carbonyl (C=O) groups is 2. The number of alkyl halides is 7. The van der Waals surface area contributed by atoms with Crippen LogP contribution >= 0.6 is 9.24 Å². The van der Waals surface area contributed by atoms with Gasteiger partial charge < -0.3 is 15.0 Å². The van der Waals surface area contributed by atoms with Gasteiger partial charge in [0.25, 0.3) is 0 Å². The molecule has 228 valence electrons. The maximum Gasteiger partial charge on any atom is 0.435 e. The summed E-state index contributed by atoms with van der Waals surface area (Å²) in [5.74, 6) is -1.69. The van der Waals surface area contributed by atoms with Crippen molar-refractivity contribution in [2.24, 2.45) is 0 Å². The van der Waals surface area contributed by atoms with Gasteiger partial charge in [0.05, 0.1) is 16.6 Å². The standard InChI is InChI=1S/C26H24F7N2O5PS/c1-13-2-5-15(6-3-13)42(38,39)23-8-9-35(22(37)17-11-19(41)21(36)34-17)20(23)12-40-18-10-14(4-7-16(18)23)24(27,25(28,29)30)26(31,32)33/h2-7,10,17,19-20H,8-9,11-12,41H2,1H3,(H,34,36). The van der Waals surface area contributed by atoms with E-state index in [0.717, 1.165) is 0 Å². The van der Waals surface area contributed by atoms with Crippen LogP contribution in [0.2, 0.25) is 0 Å². The Morgan fingerprint density at radius 1 is 1.05 bits per heavy atom. The first-order chi connectivity index (χ1) is 19.4. The lowest BCUT2D eigenvalue weighted by molar-refractivity contribution is -0.348. The van der Waals surface area contributed by atoms with E-state index in [1.54, 1.807) is 6.92 Å². The molecule has 3 heterocycles. The summed E-state index contributed by atoms with van der Waals surface area (Å²) < 4.78 is 128. The second-order valence-corrected chi connectivity index (χ2v) is 13.6. The number of benzene rings is 2. The minimum absolute atomic E-state index is 0.109. The molecular formula is C26H24F7N2O5PS. The highest BCUT2D eigenvalue weighted by molar-refractivity contribution is 7.92. The lowest BCUT2D eigenvalue weighted by Crippen LogP contribution is -2.57. The van der Waals surface area contributed by atoms with Crippen molar-refractivity contribution in [3.63, 3.8) is 0 Å². The topological polar surface area (TPSA) is 92.8 Å². The van der Waals surface area contributed by atoms with E-state index in [4.69, 9.17) is 4.74 Å². The van der Waals surface area contributed by atoms with Crippen LogP contribution in [0.25, 0.3) is 0 Å². The number of halogens is 7. The van der Waals surface area contributed by atoms with E-state index < -0.39 is 80.1 Å². The Hall–Kier alpha value is -2.93. The Balaban J connectivity index is 1.67. The summed E-state index contributed by atoms with van der Waals surface area (Å²) in [4.78, 5) is 26.5. The average Bonchev–Trinajstić information content (AvgIpc) is 3.47. The van der Waals surface area contributed by atoms with Crippen LogP contribution in [-0.4, -0.2) is 68.4 Å². The zero-order valence-corrected chi connectivity index (χ0v) is 23.7. The first-order valence-corrected chi connectivity index (χ1v) is 14.8. The van der Waals surface area contributed by atoms with Crippen LogP contribution in [0.5, 0.6) is 5.75 Å². The van der Waals surface area contributed by atoms with Gasteiger partial charge in [-0.1, -0.05) is 29.8 Å². The third-order valence-electron chi connectivity index (χ3n) is 8.19. The summed E-state index contributed by atoms with van der Waals surface area (Å²) in [5.41, 5.74) is -7.73. The predicted octanol–water partition coefficient (Wildman–Crippen LogP) is 4.08. The first kappa shape index (κ1) is 30.5. The molecule has 0 saturated carbocycles. The molecule has 0 spiro atoms. The van der Waals surface area contributed by atoms with Crippen LogP contribution in [0.15, 0.2) is 47.4 Å². The third-order valence-corrected chi connectivity index (χ3v) is 11.3. The van der Waals surface area contributed by atoms with Crippen LogP contribution in [0, 0.1) is 6.92 Å². The van der Waals surface area contributed by atoms with E-state index in [0.29, 0.717) is 11.6 Å². The van der Waals surface area contributed by atoms with Crippen molar-refractivity contribution in [1.29, 1.82) is 0 Å². The molecule has 16 heteroatoms. The molecule has 5 unspecified atom stereocenters. The zero-order valence-electron chi connectivity index (χ0n) is 21.7. The molecule has 1 N–H and O–H groups in total. The molecular weight excluding hydrogens is 616 g/mol. The number of ether oxygens (including phenoxy) is 1. The highest BCUT2D eigenvalue weighted by Gasteiger charge is 2.74. The fraction of sp³-hybridized carbons (Fsp3) is 0.462. The highest BCUT2D eigenvalue weighted by atomic mass is 32.2. The van der Waals surface area contributed by atoms with Gasteiger partial charge in [-0.3, -0.25) is 9.59 Å². The highest BCUT2D eigenvalue weighted by Crippen LogP contribution is 2.57. The Bertz CT molecular complexity index is 1530. The van der Waals surface area contributed by atoms with Crippen LogP contribution in [0.4, 0.5) is 30.7 Å². The number of amides is 2. The van der Waals surface area contributed by atoms with Gasteiger partial charge in [0, 0.05) is 17.7 Å². The predicted molar refractivity (Wildman–Crippen MR) is 137 cm³/mol. The van der Waals surface area contributed by atoms with E-state index in [-0.39, 0.29) is 42.0 Å². The zero-order chi connectivity index (χ0) is 31.0. The van der Waals surface area contributed by atoms with E-state index in [9.17, 15) is 48.7 Å². The fourth-order valence-corrected chi connectivity index (χ4v) is 8.63. The lowest BCUT2D eigenvalue weighted by atomic mass is 9.85. The second-order valence-electron chi connectivity index (χ2n) is 10.6. The van der Waals surface area contributed by atoms with Crippen molar-refractivity contribution in [1.82, 2.24) is 10.2 Å². The third kappa shape index (κ3) is 4.29. The van der Waals surface area contributed by atoms with Gasteiger partial charge in [-0.2, -0.15) is 26.3 Å². The van der Waals surface area contributed by atoms with Crippen molar-refractivity contribution < 1.29 is 53.5 Å². The summed E-state index contributed by atoms with van der Waals surface area (Å²) in [6.45, 7) is 0.902. The maximum absolute atomic E-state index is 14.9. The molecule has 2 aromatic carbocycles. The van der Waals surface area contributed by atoms with Crippen LogP contribution < -0.4 is 10.1 Å². The van der Waals surface area contributed by atoms with E-state index in [1.165, 1.54) is 29.2 Å². The smallest absolute Gasteiger partial charge is 0.435 e. The number of rotatable bonds is 4. The Kier molecular flexibility index (Phi) is 7.12. The molecule has 42 heavy (non-hydrogen) atoms. The maximum atomic E-state index is 14.9. The van der Waals surface area contributed by atoms with Gasteiger partial charge in [-0.05, 0) is 38.0 Å². The Morgan fingerprint density at radius 2 is 1.67 bits per heavy atom. The number of nitrogens with one attached hydrogen (secondary N) is 1. The Labute approximate surface area is 237 Å². The van der Waals surface area contributed by atoms with Gasteiger partial charge in [-0.25, -0.2) is 12.8 Å². The van der Waals surface area contributed by atoms with Crippen molar-refractivity contribution in [2.75, 3.05) is 13.2 Å². The molecule has 0 aromatic heterocycles. The Morgan fingerprint density at radius 3 is 2.21 bits per heavy atom. The molecule has 2 fully saturated rings. The molecule has 0 aliphatic carbocycles. The molecule has 2 saturated heterocycles. The first-order valence-electron chi connectivity index (χ1n) is 12.6. The number of carbonyl (C=O) groups excluding carboxylic acids is 2. The lowest BCUT2D eigenvalue weighted by Gasteiger charge is -2.43. The van der Waals surface area contributed by atoms with Crippen LogP contribution in [0.3, 0.4) is 0 Å². The molecule has 3 aliphatic rings. The minimum Gasteiger partial charge on any atom is -0.491 e. The monoisotopic (exact) mass is 640 g/mol. The molecule has 5 rings (SSSR count). The van der Waals surface area contributed by atoms with Crippen molar-refractivity contribution in [3.05, 3.63) is 59.2 Å². The van der Waals surface area contributed by atoms with E-state index >= 15 is 0 Å².